The number of carbonyl (C=O) groups excluding carboxylic acids is 1. The molecule has 0 saturated heterocycles. The fourth-order valence-electron chi connectivity index (χ4n) is 1.40. The van der Waals surface area contributed by atoms with E-state index in [2.05, 4.69) is 33.0 Å². The van der Waals surface area contributed by atoms with Crippen molar-refractivity contribution in [3.05, 3.63) is 0 Å². The smallest absolute Gasteiger partial charge is 0.143 e. The summed E-state index contributed by atoms with van der Waals surface area (Å²) in [5.74, 6) is 0.163. The average molecular weight is 259 g/mol. The Hall–Kier alpha value is -0.450. The molecule has 4 heteroatoms. The Morgan fingerprint density at radius 2 is 1.72 bits per heavy atom. The number of hydrogen-bond donors (Lipinski definition) is 1. The van der Waals surface area contributed by atoms with E-state index in [4.69, 9.17) is 9.47 Å². The zero-order valence-electron chi connectivity index (χ0n) is 12.8. The van der Waals surface area contributed by atoms with Gasteiger partial charge in [0, 0.05) is 7.11 Å². The Bertz CT molecular complexity index is 249. The predicted molar refractivity (Wildman–Crippen MR) is 73.9 cm³/mol. The number of ether oxygens (including phenoxy) is 2. The fourth-order valence-corrected chi connectivity index (χ4v) is 1.40. The first-order valence-corrected chi connectivity index (χ1v) is 6.58. The molecule has 0 aromatic carbocycles. The minimum atomic E-state index is -0.173. The van der Waals surface area contributed by atoms with Gasteiger partial charge in [-0.15, -0.1) is 0 Å². The van der Waals surface area contributed by atoms with E-state index in [1.54, 1.807) is 14.0 Å². The quantitative estimate of drug-likeness (QED) is 0.611. The Morgan fingerprint density at radius 3 is 2.22 bits per heavy atom. The van der Waals surface area contributed by atoms with Crippen LogP contribution in [0, 0.1) is 0 Å². The van der Waals surface area contributed by atoms with E-state index >= 15 is 0 Å². The van der Waals surface area contributed by atoms with Crippen LogP contribution in [0.25, 0.3) is 0 Å². The van der Waals surface area contributed by atoms with Crippen LogP contribution in [0.3, 0.4) is 0 Å². The summed E-state index contributed by atoms with van der Waals surface area (Å²) < 4.78 is 11.2. The lowest BCUT2D eigenvalue weighted by Gasteiger charge is -2.29. The number of hydrogen-bond acceptors (Lipinski definition) is 4. The maximum atomic E-state index is 10.8. The first kappa shape index (κ1) is 17.6. The maximum Gasteiger partial charge on any atom is 0.143 e. The number of rotatable bonds is 10. The molecular formula is C14H29NO3. The molecule has 0 unspecified atom stereocenters. The van der Waals surface area contributed by atoms with Gasteiger partial charge in [0.15, 0.2) is 0 Å². The van der Waals surface area contributed by atoms with Crippen LogP contribution in [0.15, 0.2) is 0 Å². The highest BCUT2D eigenvalue weighted by Gasteiger charge is 2.21. The molecule has 0 radical (unpaired) electrons. The minimum Gasteiger partial charge on any atom is -0.379 e. The molecule has 108 valence electrons. The molecule has 0 atom stereocenters. The topological polar surface area (TPSA) is 47.6 Å². The first-order valence-electron chi connectivity index (χ1n) is 6.58. The van der Waals surface area contributed by atoms with E-state index in [1.807, 2.05) is 0 Å². The number of methoxy groups -OCH3 is 1. The van der Waals surface area contributed by atoms with Gasteiger partial charge in [-0.3, -0.25) is 4.79 Å². The summed E-state index contributed by atoms with van der Waals surface area (Å²) in [7, 11) is 1.72. The molecule has 0 aliphatic rings. The summed E-state index contributed by atoms with van der Waals surface area (Å²) in [6, 6.07) is 0. The van der Waals surface area contributed by atoms with Crippen LogP contribution in [0.5, 0.6) is 0 Å². The summed E-state index contributed by atoms with van der Waals surface area (Å²) >= 11 is 0. The van der Waals surface area contributed by atoms with Crippen molar-refractivity contribution in [3.8, 4) is 0 Å². The van der Waals surface area contributed by atoms with Crippen molar-refractivity contribution < 1.29 is 14.3 Å². The van der Waals surface area contributed by atoms with Gasteiger partial charge in [-0.2, -0.15) is 0 Å². The van der Waals surface area contributed by atoms with Crippen molar-refractivity contribution in [2.45, 2.75) is 58.7 Å². The lowest BCUT2D eigenvalue weighted by Crippen LogP contribution is -2.33. The molecule has 0 aliphatic heterocycles. The van der Waals surface area contributed by atoms with Crippen molar-refractivity contribution in [1.29, 1.82) is 0 Å². The minimum absolute atomic E-state index is 0.136. The summed E-state index contributed by atoms with van der Waals surface area (Å²) in [5.41, 5.74) is -0.309. The van der Waals surface area contributed by atoms with Crippen LogP contribution in [-0.4, -0.2) is 43.8 Å². The van der Waals surface area contributed by atoms with Crippen molar-refractivity contribution in [1.82, 2.24) is 5.32 Å². The van der Waals surface area contributed by atoms with Crippen molar-refractivity contribution in [2.75, 3.05) is 26.8 Å². The summed E-state index contributed by atoms with van der Waals surface area (Å²) in [6.07, 6.45) is 1.75. The molecule has 1 N–H and O–H groups in total. The maximum absolute atomic E-state index is 10.8. The third-order valence-electron chi connectivity index (χ3n) is 3.03. The zero-order valence-corrected chi connectivity index (χ0v) is 12.8. The molecule has 0 amide bonds. The molecule has 0 aliphatic carbocycles. The van der Waals surface area contributed by atoms with E-state index in [1.165, 1.54) is 0 Å². The number of Topliss-reactive ketones (excluding diaryl/α,β-unsaturated/α-hetero) is 1. The third kappa shape index (κ3) is 9.57. The van der Waals surface area contributed by atoms with Gasteiger partial charge in [0.1, 0.15) is 5.78 Å². The Balaban J connectivity index is 3.76. The molecule has 0 aromatic heterocycles. The van der Waals surface area contributed by atoms with Crippen LogP contribution in [0.4, 0.5) is 0 Å². The second kappa shape index (κ2) is 7.87. The number of ketones is 1. The first-order chi connectivity index (χ1) is 8.18. The van der Waals surface area contributed by atoms with E-state index in [0.717, 1.165) is 19.4 Å². The molecule has 0 bridgehead atoms. The van der Waals surface area contributed by atoms with Gasteiger partial charge in [0.05, 0.1) is 24.4 Å². The van der Waals surface area contributed by atoms with Crippen LogP contribution in [0.2, 0.25) is 0 Å². The van der Waals surface area contributed by atoms with E-state index in [0.29, 0.717) is 13.2 Å². The number of carbonyl (C=O) groups is 1. The second-order valence-corrected chi connectivity index (χ2v) is 5.95. The van der Waals surface area contributed by atoms with Gasteiger partial charge in [0.25, 0.3) is 0 Å². The summed E-state index contributed by atoms with van der Waals surface area (Å²) in [5, 5.41) is 3.10. The van der Waals surface area contributed by atoms with Crippen LogP contribution >= 0.6 is 0 Å². The van der Waals surface area contributed by atoms with Gasteiger partial charge >= 0.3 is 0 Å². The van der Waals surface area contributed by atoms with Crippen molar-refractivity contribution in [2.24, 2.45) is 0 Å². The lowest BCUT2D eigenvalue weighted by molar-refractivity contribution is -0.116. The highest BCUT2D eigenvalue weighted by Crippen LogP contribution is 2.18. The SMILES string of the molecule is COC(C)(C)CCOC(C)(C)CCNCC(C)=O. The number of nitrogens with one attached hydrogen (secondary N) is 1. The lowest BCUT2D eigenvalue weighted by atomic mass is 10.0. The Kier molecular flexibility index (Phi) is 7.67. The standard InChI is InChI=1S/C14H29NO3/c1-12(16)11-15-9-7-14(4,5)18-10-8-13(2,3)17-6/h15H,7-11H2,1-6H3. The molecule has 0 spiro atoms. The van der Waals surface area contributed by atoms with Crippen LogP contribution in [-0.2, 0) is 14.3 Å². The molecule has 18 heavy (non-hydrogen) atoms. The normalized spacial score (nSPS) is 12.8. The highest BCUT2D eigenvalue weighted by atomic mass is 16.5. The van der Waals surface area contributed by atoms with E-state index in [9.17, 15) is 4.79 Å². The monoisotopic (exact) mass is 259 g/mol. The van der Waals surface area contributed by atoms with Crippen molar-refractivity contribution >= 4 is 5.78 Å². The third-order valence-corrected chi connectivity index (χ3v) is 3.03. The van der Waals surface area contributed by atoms with E-state index < -0.39 is 0 Å². The predicted octanol–water partition coefficient (Wildman–Crippen LogP) is 2.17. The molecule has 0 fully saturated rings. The van der Waals surface area contributed by atoms with Gasteiger partial charge < -0.3 is 14.8 Å². The molecule has 0 rings (SSSR count). The largest absolute Gasteiger partial charge is 0.379 e. The van der Waals surface area contributed by atoms with Gasteiger partial charge in [-0.05, 0) is 54.0 Å². The fraction of sp³-hybridized carbons (Fsp3) is 0.929. The average Bonchev–Trinajstić information content (AvgIpc) is 2.24. The summed E-state index contributed by atoms with van der Waals surface area (Å²) in [6.45, 7) is 11.7. The molecule has 0 saturated carbocycles. The molecular weight excluding hydrogens is 230 g/mol. The molecule has 0 aromatic rings. The van der Waals surface area contributed by atoms with E-state index in [-0.39, 0.29) is 17.0 Å². The highest BCUT2D eigenvalue weighted by molar-refractivity contribution is 5.77. The second-order valence-electron chi connectivity index (χ2n) is 5.95. The Morgan fingerprint density at radius 1 is 1.11 bits per heavy atom. The molecule has 4 nitrogen and oxygen atoms in total. The summed E-state index contributed by atoms with van der Waals surface area (Å²) in [4.78, 5) is 10.8. The Labute approximate surface area is 111 Å². The molecule has 0 heterocycles. The van der Waals surface area contributed by atoms with Gasteiger partial charge in [0.2, 0.25) is 0 Å². The van der Waals surface area contributed by atoms with Crippen LogP contribution < -0.4 is 5.32 Å². The van der Waals surface area contributed by atoms with Crippen LogP contribution in [0.1, 0.15) is 47.5 Å². The van der Waals surface area contributed by atoms with Crippen molar-refractivity contribution in [3.63, 3.8) is 0 Å². The van der Waals surface area contributed by atoms with Gasteiger partial charge in [-0.1, -0.05) is 0 Å². The zero-order chi connectivity index (χ0) is 14.2. The van der Waals surface area contributed by atoms with Gasteiger partial charge in [-0.25, -0.2) is 0 Å².